The van der Waals surface area contributed by atoms with Crippen LogP contribution in [0, 0.1) is 5.92 Å². The Morgan fingerprint density at radius 2 is 1.60 bits per heavy atom. The molecule has 0 aliphatic carbocycles. The molecule has 0 radical (unpaired) electrons. The van der Waals surface area contributed by atoms with Crippen molar-refractivity contribution in [2.45, 2.75) is 51.2 Å². The number of fused-ring (bicyclic) bond motifs is 1. The van der Waals surface area contributed by atoms with E-state index >= 15 is 0 Å². The number of aromatic nitrogens is 1. The third kappa shape index (κ3) is 7.07. The normalized spacial score (nSPS) is 13.8. The Bertz CT molecular complexity index is 1170. The molecule has 2 amide bonds. The highest BCUT2D eigenvalue weighted by Crippen LogP contribution is 2.19. The Morgan fingerprint density at radius 3 is 2.26 bits per heavy atom. The van der Waals surface area contributed by atoms with E-state index in [1.54, 1.807) is 18.3 Å². The van der Waals surface area contributed by atoms with Crippen molar-refractivity contribution in [3.63, 3.8) is 0 Å². The number of amides is 2. The molecule has 3 rings (SSSR count). The average molecular weight is 481 g/mol. The Morgan fingerprint density at radius 1 is 0.943 bits per heavy atom. The van der Waals surface area contributed by atoms with Crippen molar-refractivity contribution in [1.82, 2.24) is 15.6 Å². The van der Waals surface area contributed by atoms with E-state index in [9.17, 15) is 24.6 Å². The van der Waals surface area contributed by atoms with Crippen molar-refractivity contribution in [3.05, 3.63) is 65.9 Å². The molecule has 0 unspecified atom stereocenters. The zero-order chi connectivity index (χ0) is 25.5. The summed E-state index contributed by atoms with van der Waals surface area (Å²) < 4.78 is 0. The van der Waals surface area contributed by atoms with Gasteiger partial charge < -0.3 is 31.6 Å². The largest absolute Gasteiger partial charge is 0.508 e. The summed E-state index contributed by atoms with van der Waals surface area (Å²) in [5, 5.41) is 25.4. The van der Waals surface area contributed by atoms with Gasteiger partial charge >= 0.3 is 5.97 Å². The summed E-state index contributed by atoms with van der Waals surface area (Å²) in [6.45, 7) is 3.90. The highest BCUT2D eigenvalue weighted by Gasteiger charge is 2.29. The number of carboxylic acids is 1. The second kappa shape index (κ2) is 11.5. The van der Waals surface area contributed by atoms with E-state index < -0.39 is 35.9 Å². The number of para-hydroxylation sites is 1. The first-order valence-corrected chi connectivity index (χ1v) is 11.6. The zero-order valence-electron chi connectivity index (χ0n) is 19.8. The van der Waals surface area contributed by atoms with Crippen LogP contribution in [0.2, 0.25) is 0 Å². The summed E-state index contributed by atoms with van der Waals surface area (Å²) in [7, 11) is 0. The maximum absolute atomic E-state index is 13.3. The van der Waals surface area contributed by atoms with Gasteiger partial charge in [-0.1, -0.05) is 44.2 Å². The molecule has 9 heteroatoms. The number of nitrogens with two attached hydrogens (primary N) is 1. The third-order valence-corrected chi connectivity index (χ3v) is 5.78. The van der Waals surface area contributed by atoms with Crippen LogP contribution in [0.3, 0.4) is 0 Å². The van der Waals surface area contributed by atoms with Gasteiger partial charge in [0.05, 0.1) is 6.04 Å². The van der Waals surface area contributed by atoms with E-state index in [0.717, 1.165) is 16.5 Å². The molecule has 0 aliphatic heterocycles. The summed E-state index contributed by atoms with van der Waals surface area (Å²) in [5.74, 6) is -2.04. The van der Waals surface area contributed by atoms with Crippen LogP contribution < -0.4 is 16.4 Å². The third-order valence-electron chi connectivity index (χ3n) is 5.78. The van der Waals surface area contributed by atoms with Crippen molar-refractivity contribution in [1.29, 1.82) is 0 Å². The lowest BCUT2D eigenvalue weighted by atomic mass is 10.0. The minimum atomic E-state index is -1.22. The number of hydrogen-bond donors (Lipinski definition) is 6. The number of carbonyl (C=O) groups excluding carboxylic acids is 2. The fraction of sp³-hybridized carbons (Fsp3) is 0.346. The second-order valence-corrected chi connectivity index (χ2v) is 9.13. The number of rotatable bonds is 11. The molecule has 0 spiro atoms. The van der Waals surface area contributed by atoms with Crippen molar-refractivity contribution < 1.29 is 24.6 Å². The molecule has 0 bridgehead atoms. The Balaban J connectivity index is 1.81. The van der Waals surface area contributed by atoms with Crippen molar-refractivity contribution in [2.24, 2.45) is 11.7 Å². The van der Waals surface area contributed by atoms with E-state index in [0.29, 0.717) is 12.0 Å². The molecule has 1 heterocycles. The summed E-state index contributed by atoms with van der Waals surface area (Å²) >= 11 is 0. The van der Waals surface area contributed by atoms with E-state index in [-0.39, 0.29) is 24.5 Å². The molecule has 0 saturated heterocycles. The number of hydrogen-bond acceptors (Lipinski definition) is 5. The predicted molar refractivity (Wildman–Crippen MR) is 133 cm³/mol. The number of aliphatic carboxylic acids is 1. The lowest BCUT2D eigenvalue weighted by Gasteiger charge is -2.23. The number of carboxylic acid groups (broad SMARTS) is 1. The molecule has 9 nitrogen and oxygen atoms in total. The van der Waals surface area contributed by atoms with Crippen molar-refractivity contribution in [2.75, 3.05) is 0 Å². The van der Waals surface area contributed by atoms with E-state index in [1.807, 2.05) is 38.1 Å². The number of benzene rings is 2. The van der Waals surface area contributed by atoms with E-state index in [4.69, 9.17) is 5.73 Å². The van der Waals surface area contributed by atoms with Gasteiger partial charge in [0.2, 0.25) is 11.8 Å². The highest BCUT2D eigenvalue weighted by atomic mass is 16.4. The van der Waals surface area contributed by atoms with Gasteiger partial charge in [-0.25, -0.2) is 4.79 Å². The van der Waals surface area contributed by atoms with Gasteiger partial charge in [-0.15, -0.1) is 0 Å². The molecule has 0 fully saturated rings. The Labute approximate surface area is 203 Å². The SMILES string of the molecule is CC(C)C[C@H](N)C(=O)N[C@@H](Cc1c[nH]c2ccccc12)C(=O)N[C@@H](Cc1ccc(O)cc1)C(=O)O. The maximum Gasteiger partial charge on any atom is 0.326 e. The summed E-state index contributed by atoms with van der Waals surface area (Å²) in [6, 6.07) is 10.6. The molecule has 35 heavy (non-hydrogen) atoms. The van der Waals surface area contributed by atoms with E-state index in [1.165, 1.54) is 12.1 Å². The van der Waals surface area contributed by atoms with Crippen LogP contribution in [0.1, 0.15) is 31.4 Å². The molecule has 1 aromatic heterocycles. The number of nitrogens with one attached hydrogen (secondary N) is 3. The zero-order valence-corrected chi connectivity index (χ0v) is 19.8. The maximum atomic E-state index is 13.3. The smallest absolute Gasteiger partial charge is 0.326 e. The van der Waals surface area contributed by atoms with Gasteiger partial charge in [0, 0.05) is 29.9 Å². The van der Waals surface area contributed by atoms with Crippen LogP contribution in [0.15, 0.2) is 54.7 Å². The second-order valence-electron chi connectivity index (χ2n) is 9.13. The number of carbonyl (C=O) groups is 3. The lowest BCUT2D eigenvalue weighted by Crippen LogP contribution is -2.55. The number of phenolic OH excluding ortho intramolecular Hbond substituents is 1. The average Bonchev–Trinajstić information content (AvgIpc) is 3.21. The molecule has 3 aromatic rings. The van der Waals surface area contributed by atoms with Crippen molar-refractivity contribution >= 4 is 28.7 Å². The van der Waals surface area contributed by atoms with Crippen LogP contribution >= 0.6 is 0 Å². The number of aromatic hydroxyl groups is 1. The molecule has 3 atom stereocenters. The number of phenols is 1. The van der Waals surface area contributed by atoms with Crippen LogP contribution in [0.4, 0.5) is 0 Å². The lowest BCUT2D eigenvalue weighted by molar-refractivity contribution is -0.142. The molecular formula is C26H32N4O5. The summed E-state index contributed by atoms with van der Waals surface area (Å²) in [4.78, 5) is 41.1. The first-order chi connectivity index (χ1) is 16.6. The van der Waals surface area contributed by atoms with Crippen LogP contribution in [-0.4, -0.2) is 51.1 Å². The van der Waals surface area contributed by atoms with Gasteiger partial charge in [-0.05, 0) is 41.7 Å². The van der Waals surface area contributed by atoms with Gasteiger partial charge in [-0.2, -0.15) is 0 Å². The summed E-state index contributed by atoms with van der Waals surface area (Å²) in [6.07, 6.45) is 2.39. The van der Waals surface area contributed by atoms with E-state index in [2.05, 4.69) is 15.6 Å². The topological polar surface area (TPSA) is 158 Å². The molecule has 7 N–H and O–H groups in total. The van der Waals surface area contributed by atoms with Crippen molar-refractivity contribution in [3.8, 4) is 5.75 Å². The fourth-order valence-corrected chi connectivity index (χ4v) is 3.96. The van der Waals surface area contributed by atoms with Gasteiger partial charge in [-0.3, -0.25) is 9.59 Å². The molecule has 0 aliphatic rings. The minimum absolute atomic E-state index is 0.0158. The number of aromatic amines is 1. The fourth-order valence-electron chi connectivity index (χ4n) is 3.96. The molecular weight excluding hydrogens is 448 g/mol. The van der Waals surface area contributed by atoms with Crippen LogP contribution in [0.5, 0.6) is 5.75 Å². The van der Waals surface area contributed by atoms with Crippen LogP contribution in [-0.2, 0) is 27.2 Å². The Hall–Kier alpha value is -3.85. The summed E-state index contributed by atoms with van der Waals surface area (Å²) in [5.41, 5.74) is 8.36. The molecule has 186 valence electrons. The highest BCUT2D eigenvalue weighted by molar-refractivity contribution is 5.93. The Kier molecular flexibility index (Phi) is 8.48. The predicted octanol–water partition coefficient (Wildman–Crippen LogP) is 2.09. The standard InChI is InChI=1S/C26H32N4O5/c1-15(2)11-20(27)24(32)29-22(13-17-14-28-21-6-4-3-5-19(17)21)25(33)30-23(26(34)35)12-16-7-9-18(31)10-8-16/h3-10,14-15,20,22-23,28,31H,11-13,27H2,1-2H3,(H,29,32)(H,30,33)(H,34,35)/t20-,22-,23-/m0/s1. The minimum Gasteiger partial charge on any atom is -0.508 e. The van der Waals surface area contributed by atoms with Gasteiger partial charge in [0.15, 0.2) is 0 Å². The van der Waals surface area contributed by atoms with Gasteiger partial charge in [0.25, 0.3) is 0 Å². The first-order valence-electron chi connectivity index (χ1n) is 11.6. The first kappa shape index (κ1) is 25.8. The van der Waals surface area contributed by atoms with Gasteiger partial charge in [0.1, 0.15) is 17.8 Å². The van der Waals surface area contributed by atoms with Crippen LogP contribution in [0.25, 0.3) is 10.9 Å². The monoisotopic (exact) mass is 480 g/mol. The molecule has 2 aromatic carbocycles. The number of H-pyrrole nitrogens is 1. The quantitative estimate of drug-likeness (QED) is 0.247. The molecule has 0 saturated carbocycles.